The third kappa shape index (κ3) is 2.03. The average Bonchev–Trinajstić information content (AvgIpc) is 3.03. The lowest BCUT2D eigenvalue weighted by Gasteiger charge is -2.11. The summed E-state index contributed by atoms with van der Waals surface area (Å²) in [5, 5.41) is 7.04. The zero-order valence-corrected chi connectivity index (χ0v) is 14.0. The van der Waals surface area contributed by atoms with Gasteiger partial charge in [-0.2, -0.15) is 5.10 Å². The maximum atomic E-state index is 13.9. The second kappa shape index (κ2) is 5.13. The topological polar surface area (TPSA) is 100 Å². The molecule has 0 fully saturated rings. The van der Waals surface area contributed by atoms with Crippen LogP contribution in [-0.2, 0) is 0 Å². The number of nitrogens with two attached hydrogens (primary N) is 1. The van der Waals surface area contributed by atoms with E-state index in [1.54, 1.807) is 6.07 Å². The summed E-state index contributed by atoms with van der Waals surface area (Å²) in [6, 6.07) is 4.70. The standard InChI is InChI=1S/C16H11BrFN5O/c1-6-4-10-14(22-15(6)17)11(12(19)16(24)21-10)7-2-3-9(18)13-8(7)5-20-23-13/h2-5H,19H2,1H3,(H,20,23)(H,21,24). The number of halogens is 2. The lowest BCUT2D eigenvalue weighted by Crippen LogP contribution is -2.14. The van der Waals surface area contributed by atoms with Gasteiger partial charge in [0.1, 0.15) is 21.6 Å². The van der Waals surface area contributed by atoms with Crippen molar-refractivity contribution in [3.63, 3.8) is 0 Å². The number of fused-ring (bicyclic) bond motifs is 2. The number of nitrogens with zero attached hydrogens (tertiary/aromatic N) is 2. The number of aromatic amines is 2. The van der Waals surface area contributed by atoms with Crippen LogP contribution < -0.4 is 11.3 Å². The Balaban J connectivity index is 2.21. The minimum absolute atomic E-state index is 0.0276. The second-order valence-corrected chi connectivity index (χ2v) is 6.24. The first kappa shape index (κ1) is 14.8. The van der Waals surface area contributed by atoms with Crippen LogP contribution in [0.25, 0.3) is 33.1 Å². The molecule has 0 bridgehead atoms. The van der Waals surface area contributed by atoms with Crippen molar-refractivity contribution in [1.82, 2.24) is 20.2 Å². The molecule has 0 aliphatic rings. The number of anilines is 1. The summed E-state index contributed by atoms with van der Waals surface area (Å²) in [5.41, 5.74) is 8.93. The number of benzene rings is 1. The van der Waals surface area contributed by atoms with Gasteiger partial charge in [-0.1, -0.05) is 6.07 Å². The summed E-state index contributed by atoms with van der Waals surface area (Å²) < 4.78 is 14.6. The molecule has 120 valence electrons. The number of hydrogen-bond donors (Lipinski definition) is 3. The number of H-pyrrole nitrogens is 2. The van der Waals surface area contributed by atoms with Crippen molar-refractivity contribution in [2.24, 2.45) is 0 Å². The van der Waals surface area contributed by atoms with Crippen molar-refractivity contribution in [1.29, 1.82) is 0 Å². The molecule has 0 unspecified atom stereocenters. The van der Waals surface area contributed by atoms with Crippen molar-refractivity contribution in [2.45, 2.75) is 6.92 Å². The SMILES string of the molecule is Cc1cc2[nH]c(=O)c(N)c(-c3ccc(F)c4[nH]ncc34)c2nc1Br. The molecule has 4 rings (SSSR count). The Kier molecular flexibility index (Phi) is 3.17. The van der Waals surface area contributed by atoms with Gasteiger partial charge in [0.15, 0.2) is 0 Å². The third-order valence-corrected chi connectivity index (χ3v) is 4.79. The maximum Gasteiger partial charge on any atom is 0.272 e. The first-order valence-corrected chi connectivity index (χ1v) is 7.87. The summed E-state index contributed by atoms with van der Waals surface area (Å²) >= 11 is 3.40. The van der Waals surface area contributed by atoms with Crippen LogP contribution in [0.1, 0.15) is 5.56 Å². The van der Waals surface area contributed by atoms with Crippen LogP contribution in [0.15, 0.2) is 33.8 Å². The van der Waals surface area contributed by atoms with Gasteiger partial charge in [-0.3, -0.25) is 9.89 Å². The lowest BCUT2D eigenvalue weighted by molar-refractivity contribution is 0.636. The molecular weight excluding hydrogens is 377 g/mol. The molecule has 0 saturated heterocycles. The molecule has 0 aliphatic carbocycles. The van der Waals surface area contributed by atoms with E-state index in [2.05, 4.69) is 36.1 Å². The van der Waals surface area contributed by atoms with Crippen LogP contribution >= 0.6 is 15.9 Å². The summed E-state index contributed by atoms with van der Waals surface area (Å²) in [4.78, 5) is 19.5. The monoisotopic (exact) mass is 387 g/mol. The van der Waals surface area contributed by atoms with Crippen molar-refractivity contribution in [3.05, 3.63) is 50.7 Å². The zero-order valence-electron chi connectivity index (χ0n) is 12.4. The number of hydrogen-bond acceptors (Lipinski definition) is 4. The molecule has 0 amide bonds. The number of rotatable bonds is 1. The normalized spacial score (nSPS) is 11.5. The van der Waals surface area contributed by atoms with Gasteiger partial charge in [0.05, 0.1) is 17.2 Å². The van der Waals surface area contributed by atoms with Gasteiger partial charge in [-0.25, -0.2) is 9.37 Å². The zero-order chi connectivity index (χ0) is 17.0. The number of nitrogens with one attached hydrogen (secondary N) is 2. The van der Waals surface area contributed by atoms with Gasteiger partial charge in [0, 0.05) is 10.9 Å². The predicted octanol–water partition coefficient (Wildman–Crippen LogP) is 3.26. The predicted molar refractivity (Wildman–Crippen MR) is 94.3 cm³/mol. The molecule has 0 radical (unpaired) electrons. The Morgan fingerprint density at radius 3 is 2.92 bits per heavy atom. The number of nitrogen functional groups attached to an aromatic ring is 1. The Bertz CT molecular complexity index is 1180. The Morgan fingerprint density at radius 1 is 1.33 bits per heavy atom. The molecule has 6 nitrogen and oxygen atoms in total. The fourth-order valence-corrected chi connectivity index (χ4v) is 3.09. The van der Waals surface area contributed by atoms with E-state index in [0.717, 1.165) is 5.56 Å². The highest BCUT2D eigenvalue weighted by Gasteiger charge is 2.18. The van der Waals surface area contributed by atoms with E-state index in [1.807, 2.05) is 13.0 Å². The third-order valence-electron chi connectivity index (χ3n) is 3.98. The highest BCUT2D eigenvalue weighted by atomic mass is 79.9. The van der Waals surface area contributed by atoms with Gasteiger partial charge >= 0.3 is 0 Å². The van der Waals surface area contributed by atoms with E-state index in [1.165, 1.54) is 12.3 Å². The summed E-state index contributed by atoms with van der Waals surface area (Å²) in [5.74, 6) is -0.427. The minimum Gasteiger partial charge on any atom is -0.394 e. The Hall–Kier alpha value is -2.74. The van der Waals surface area contributed by atoms with Crippen molar-refractivity contribution >= 4 is 43.6 Å². The molecule has 24 heavy (non-hydrogen) atoms. The summed E-state index contributed by atoms with van der Waals surface area (Å²) in [7, 11) is 0. The van der Waals surface area contributed by atoms with Gasteiger partial charge in [0.25, 0.3) is 5.56 Å². The lowest BCUT2D eigenvalue weighted by atomic mass is 9.99. The fraction of sp³-hybridized carbons (Fsp3) is 0.0625. The Labute approximate surface area is 143 Å². The van der Waals surface area contributed by atoms with E-state index in [9.17, 15) is 9.18 Å². The Morgan fingerprint density at radius 2 is 2.12 bits per heavy atom. The van der Waals surface area contributed by atoms with Gasteiger partial charge in [-0.15, -0.1) is 0 Å². The van der Waals surface area contributed by atoms with Crippen molar-refractivity contribution in [2.75, 3.05) is 5.73 Å². The maximum absolute atomic E-state index is 13.9. The van der Waals surface area contributed by atoms with E-state index in [-0.39, 0.29) is 11.2 Å². The molecule has 0 atom stereocenters. The first-order valence-electron chi connectivity index (χ1n) is 7.08. The molecular formula is C16H11BrFN5O. The van der Waals surface area contributed by atoms with Crippen LogP contribution in [0.5, 0.6) is 0 Å². The van der Waals surface area contributed by atoms with Crippen LogP contribution in [0, 0.1) is 12.7 Å². The van der Waals surface area contributed by atoms with E-state index in [4.69, 9.17) is 5.73 Å². The molecule has 3 aromatic heterocycles. The molecule has 3 heterocycles. The smallest absolute Gasteiger partial charge is 0.272 e. The van der Waals surface area contributed by atoms with Crippen LogP contribution in [0.3, 0.4) is 0 Å². The quantitative estimate of drug-likeness (QED) is 0.436. The van der Waals surface area contributed by atoms with Crippen molar-refractivity contribution in [3.8, 4) is 11.1 Å². The highest BCUT2D eigenvalue weighted by molar-refractivity contribution is 9.10. The minimum atomic E-state index is -0.427. The first-order chi connectivity index (χ1) is 11.5. The fourth-order valence-electron chi connectivity index (χ4n) is 2.80. The van der Waals surface area contributed by atoms with Gasteiger partial charge in [-0.05, 0) is 46.1 Å². The molecule has 4 aromatic rings. The molecule has 0 saturated carbocycles. The van der Waals surface area contributed by atoms with Crippen LogP contribution in [-0.4, -0.2) is 20.2 Å². The second-order valence-electron chi connectivity index (χ2n) is 5.49. The van der Waals surface area contributed by atoms with Gasteiger partial charge in [0.2, 0.25) is 0 Å². The van der Waals surface area contributed by atoms with Crippen LogP contribution in [0.4, 0.5) is 10.1 Å². The highest BCUT2D eigenvalue weighted by Crippen LogP contribution is 2.36. The van der Waals surface area contributed by atoms with Crippen molar-refractivity contribution < 1.29 is 4.39 Å². The largest absolute Gasteiger partial charge is 0.394 e. The average molecular weight is 388 g/mol. The van der Waals surface area contributed by atoms with E-state index >= 15 is 0 Å². The molecule has 0 spiro atoms. The summed E-state index contributed by atoms with van der Waals surface area (Å²) in [6.07, 6.45) is 1.50. The van der Waals surface area contributed by atoms with E-state index in [0.29, 0.717) is 32.1 Å². The number of aromatic nitrogens is 4. The molecule has 4 N–H and O–H groups in total. The number of pyridine rings is 2. The molecule has 8 heteroatoms. The molecule has 0 aliphatic heterocycles. The molecule has 1 aromatic carbocycles. The summed E-state index contributed by atoms with van der Waals surface area (Å²) in [6.45, 7) is 1.87. The number of aryl methyl sites for hydroxylation is 1. The van der Waals surface area contributed by atoms with E-state index < -0.39 is 11.4 Å². The van der Waals surface area contributed by atoms with Gasteiger partial charge < -0.3 is 10.7 Å². The van der Waals surface area contributed by atoms with Crippen LogP contribution in [0.2, 0.25) is 0 Å².